The van der Waals surface area contributed by atoms with Crippen molar-refractivity contribution in [3.8, 4) is 45.5 Å². The number of para-hydroxylation sites is 2. The highest BCUT2D eigenvalue weighted by atomic mass is 16.5. The summed E-state index contributed by atoms with van der Waals surface area (Å²) in [6.45, 7) is 8.46. The van der Waals surface area contributed by atoms with Gasteiger partial charge in [0.05, 0.1) is 45.2 Å². The molecule has 0 unspecified atom stereocenters. The van der Waals surface area contributed by atoms with Crippen LogP contribution in [0.1, 0.15) is 22.3 Å². The SMILES string of the molecule is Cc1ccc2c(c1)Oc1ccc3c4c1B2c1cc2c(cc1N4c1cccc4c1c-3nc1c(C)cccc14)N1c3c(ccc4c3B2c2ccc(C)cc2O4)-c2nc3c(C)cccc3c3cccc1c23. The fourth-order valence-electron chi connectivity index (χ4n) is 13.3. The van der Waals surface area contributed by atoms with E-state index in [-0.39, 0.29) is 13.4 Å². The van der Waals surface area contributed by atoms with Gasteiger partial charge in [-0.2, -0.15) is 0 Å². The van der Waals surface area contributed by atoms with Crippen LogP contribution < -0.4 is 52.1 Å². The number of benzene rings is 9. The number of hydrogen-bond acceptors (Lipinski definition) is 6. The minimum Gasteiger partial charge on any atom is -0.458 e. The highest BCUT2D eigenvalue weighted by Gasteiger charge is 2.50. The Morgan fingerprint density at radius 1 is 0.397 bits per heavy atom. The molecule has 0 atom stereocenters. The van der Waals surface area contributed by atoms with Crippen LogP contribution in [0.4, 0.5) is 34.1 Å². The molecule has 6 aliphatic heterocycles. The van der Waals surface area contributed by atoms with Crippen LogP contribution in [0.15, 0.2) is 146 Å². The van der Waals surface area contributed by atoms with E-state index in [0.717, 1.165) is 90.7 Å². The molecule has 0 bridgehead atoms. The lowest BCUT2D eigenvalue weighted by atomic mass is 9.30. The Labute approximate surface area is 392 Å². The van der Waals surface area contributed by atoms with Crippen LogP contribution in [0.25, 0.3) is 65.9 Å². The van der Waals surface area contributed by atoms with Gasteiger partial charge in [-0.05, 0) is 148 Å². The third kappa shape index (κ3) is 4.13. The fraction of sp³-hybridized carbons (Fsp3) is 0.0667. The van der Waals surface area contributed by atoms with Crippen molar-refractivity contribution in [1.29, 1.82) is 0 Å². The number of hydrogen-bond donors (Lipinski definition) is 0. The Hall–Kier alpha value is -8.35. The lowest BCUT2D eigenvalue weighted by Gasteiger charge is -2.47. The van der Waals surface area contributed by atoms with E-state index >= 15 is 0 Å². The van der Waals surface area contributed by atoms with Gasteiger partial charge in [0.1, 0.15) is 23.0 Å². The molecule has 6 aliphatic rings. The van der Waals surface area contributed by atoms with Gasteiger partial charge >= 0.3 is 0 Å². The first-order valence-corrected chi connectivity index (χ1v) is 23.7. The predicted octanol–water partition coefficient (Wildman–Crippen LogP) is 11.1. The number of fused-ring (bicyclic) bond motifs is 18. The Balaban J connectivity index is 1.04. The third-order valence-corrected chi connectivity index (χ3v) is 16.1. The van der Waals surface area contributed by atoms with Gasteiger partial charge in [0.25, 0.3) is 13.4 Å². The number of nitrogens with zero attached hydrogens (tertiary/aromatic N) is 4. The van der Waals surface area contributed by atoms with Gasteiger partial charge in [0, 0.05) is 44.0 Å². The first kappa shape index (κ1) is 35.9. The molecule has 2 aromatic heterocycles. The van der Waals surface area contributed by atoms with Crippen molar-refractivity contribution >= 4 is 124 Å². The molecule has 11 aromatic rings. The highest BCUT2D eigenvalue weighted by Crippen LogP contribution is 2.57. The summed E-state index contributed by atoms with van der Waals surface area (Å²) >= 11 is 0. The van der Waals surface area contributed by atoms with Crippen molar-refractivity contribution in [2.75, 3.05) is 9.80 Å². The number of ether oxygens (including phenoxy) is 2. The molecular weight excluding hydrogens is 830 g/mol. The first-order chi connectivity index (χ1) is 33.4. The van der Waals surface area contributed by atoms with E-state index in [4.69, 9.17) is 19.4 Å². The van der Waals surface area contributed by atoms with Gasteiger partial charge in [-0.15, -0.1) is 0 Å². The molecule has 0 amide bonds. The molecule has 68 heavy (non-hydrogen) atoms. The number of aryl methyl sites for hydroxylation is 4. The van der Waals surface area contributed by atoms with E-state index < -0.39 is 0 Å². The topological polar surface area (TPSA) is 50.7 Å². The quantitative estimate of drug-likeness (QED) is 0.112. The van der Waals surface area contributed by atoms with Gasteiger partial charge in [0.2, 0.25) is 0 Å². The molecule has 17 rings (SSSR count). The number of pyridine rings is 2. The van der Waals surface area contributed by atoms with Gasteiger partial charge in [-0.25, -0.2) is 9.97 Å². The number of rotatable bonds is 0. The monoisotopic (exact) mass is 866 g/mol. The van der Waals surface area contributed by atoms with Gasteiger partial charge < -0.3 is 19.3 Å². The molecule has 0 fully saturated rings. The smallest absolute Gasteiger partial charge is 0.256 e. The molecule has 9 aromatic carbocycles. The number of aromatic nitrogens is 2. The van der Waals surface area contributed by atoms with Crippen LogP contribution >= 0.6 is 0 Å². The molecule has 0 radical (unpaired) electrons. The van der Waals surface area contributed by atoms with Crippen molar-refractivity contribution in [3.05, 3.63) is 168 Å². The van der Waals surface area contributed by atoms with Crippen molar-refractivity contribution < 1.29 is 9.47 Å². The molecule has 0 N–H and O–H groups in total. The van der Waals surface area contributed by atoms with Gasteiger partial charge in [-0.1, -0.05) is 91.0 Å². The summed E-state index contributed by atoms with van der Waals surface area (Å²) in [5.74, 6) is 3.62. The predicted molar refractivity (Wildman–Crippen MR) is 281 cm³/mol. The maximum atomic E-state index is 7.01. The molecular formula is C60H36B2N4O2. The molecule has 8 heterocycles. The summed E-state index contributed by atoms with van der Waals surface area (Å²) in [7, 11) is 0. The Bertz CT molecular complexity index is 4040. The minimum atomic E-state index is -0.0994. The fourth-order valence-corrected chi connectivity index (χ4v) is 13.3. The van der Waals surface area contributed by atoms with E-state index in [2.05, 4.69) is 183 Å². The zero-order valence-corrected chi connectivity index (χ0v) is 37.6. The van der Waals surface area contributed by atoms with E-state index in [9.17, 15) is 0 Å². The van der Waals surface area contributed by atoms with Crippen LogP contribution in [0.5, 0.6) is 23.0 Å². The first-order valence-electron chi connectivity index (χ1n) is 23.7. The second-order valence-corrected chi connectivity index (χ2v) is 19.8. The third-order valence-electron chi connectivity index (χ3n) is 16.1. The standard InChI is InChI=1S/C60H36B2N4O2/c1-29-17-21-39-49(25-29)67-47-23-19-37-57-51-33(35-13-5-9-31(3)55(35)63-57)11-7-15-43(51)65-45-28-46-42(27-41(45)61(39)53(47)59(37)65)62-40-22-18-30(2)26-50(40)68-48-24-20-38-58-52-34(36-14-6-10-32(4)56(36)64-58)12-8-16-44(52)66(46)60(38)54(48)62/h5-28H,1-4H3. The van der Waals surface area contributed by atoms with Crippen LogP contribution in [-0.4, -0.2) is 23.4 Å². The Morgan fingerprint density at radius 3 is 1.34 bits per heavy atom. The second-order valence-electron chi connectivity index (χ2n) is 19.8. The summed E-state index contributed by atoms with van der Waals surface area (Å²) in [4.78, 5) is 16.3. The van der Waals surface area contributed by atoms with Crippen LogP contribution in [0, 0.1) is 27.7 Å². The summed E-state index contributed by atoms with van der Waals surface area (Å²) in [6.07, 6.45) is 0. The van der Waals surface area contributed by atoms with Crippen LogP contribution in [0.3, 0.4) is 0 Å². The summed E-state index contributed by atoms with van der Waals surface area (Å²) in [5, 5.41) is 7.10. The average Bonchev–Trinajstić information content (AvgIpc) is 3.35. The van der Waals surface area contributed by atoms with Crippen molar-refractivity contribution in [2.45, 2.75) is 27.7 Å². The maximum Gasteiger partial charge on any atom is 0.256 e. The molecule has 0 saturated carbocycles. The lowest BCUT2D eigenvalue weighted by molar-refractivity contribution is 0.487. The molecule has 6 nitrogen and oxygen atoms in total. The number of anilines is 6. The molecule has 314 valence electrons. The van der Waals surface area contributed by atoms with E-state index in [1.807, 2.05) is 0 Å². The van der Waals surface area contributed by atoms with Crippen molar-refractivity contribution in [3.63, 3.8) is 0 Å². The largest absolute Gasteiger partial charge is 0.458 e. The normalized spacial score (nSPS) is 14.3. The minimum absolute atomic E-state index is 0.0994. The van der Waals surface area contributed by atoms with E-state index in [1.165, 1.54) is 87.3 Å². The lowest BCUT2D eigenvalue weighted by Crippen LogP contribution is -2.64. The average molecular weight is 867 g/mol. The van der Waals surface area contributed by atoms with Gasteiger partial charge in [0.15, 0.2) is 0 Å². The highest BCUT2D eigenvalue weighted by molar-refractivity contribution is 7.02. The Kier molecular flexibility index (Phi) is 6.31. The maximum absolute atomic E-state index is 7.01. The Morgan fingerprint density at radius 2 is 0.853 bits per heavy atom. The second kappa shape index (κ2) is 12.0. The molecule has 8 heteroatoms. The van der Waals surface area contributed by atoms with E-state index in [1.54, 1.807) is 0 Å². The van der Waals surface area contributed by atoms with Crippen molar-refractivity contribution in [1.82, 2.24) is 9.97 Å². The van der Waals surface area contributed by atoms with Crippen molar-refractivity contribution in [2.24, 2.45) is 0 Å². The zero-order valence-electron chi connectivity index (χ0n) is 37.6. The van der Waals surface area contributed by atoms with E-state index in [0.29, 0.717) is 0 Å². The molecule has 0 spiro atoms. The molecule has 0 saturated heterocycles. The summed E-state index contributed by atoms with van der Waals surface area (Å²) in [5.41, 5.74) is 25.2. The van der Waals surface area contributed by atoms with Crippen LogP contribution in [-0.2, 0) is 0 Å². The van der Waals surface area contributed by atoms with Gasteiger partial charge in [-0.3, -0.25) is 0 Å². The van der Waals surface area contributed by atoms with Crippen LogP contribution in [0.2, 0.25) is 0 Å². The molecule has 0 aliphatic carbocycles. The zero-order chi connectivity index (χ0) is 44.6. The summed E-state index contributed by atoms with van der Waals surface area (Å²) in [6, 6.07) is 54.3. The summed E-state index contributed by atoms with van der Waals surface area (Å²) < 4.78 is 14.0.